The lowest BCUT2D eigenvalue weighted by atomic mass is 9.89. The topological polar surface area (TPSA) is 65.1 Å². The molecule has 1 heterocycles. The van der Waals surface area contributed by atoms with E-state index in [-0.39, 0.29) is 24.6 Å². The fourth-order valence-corrected chi connectivity index (χ4v) is 2.26. The summed E-state index contributed by atoms with van der Waals surface area (Å²) in [4.78, 5) is 23.1. The minimum absolute atomic E-state index is 0.0622. The van der Waals surface area contributed by atoms with E-state index in [1.807, 2.05) is 0 Å². The summed E-state index contributed by atoms with van der Waals surface area (Å²) < 4.78 is 15.6. The van der Waals surface area contributed by atoms with E-state index in [0.717, 1.165) is 19.3 Å². The molecule has 2 fully saturated rings. The highest BCUT2D eigenvalue weighted by Gasteiger charge is 2.46. The van der Waals surface area contributed by atoms with Crippen molar-refractivity contribution in [2.24, 2.45) is 5.92 Å². The molecule has 0 aromatic heterocycles. The maximum absolute atomic E-state index is 11.9. The van der Waals surface area contributed by atoms with E-state index in [2.05, 4.69) is 6.58 Å². The summed E-state index contributed by atoms with van der Waals surface area (Å²) in [5.41, 5.74) is 0.336. The summed E-state index contributed by atoms with van der Waals surface area (Å²) in [5.74, 6) is -0.759. The number of carbonyl (C=O) groups is 2. The number of hydrogen-bond acceptors (Lipinski definition) is 5. The molecule has 0 N–H and O–H groups in total. The van der Waals surface area contributed by atoms with Crippen LogP contribution in [0.1, 0.15) is 33.1 Å². The normalized spacial score (nSPS) is 29.9. The lowest BCUT2D eigenvalue weighted by Crippen LogP contribution is -2.29. The molecule has 4 unspecified atom stereocenters. The Morgan fingerprint density at radius 1 is 1.37 bits per heavy atom. The smallest absolute Gasteiger partial charge is 0.333 e. The number of hydrogen-bond donors (Lipinski definition) is 0. The first-order valence-corrected chi connectivity index (χ1v) is 6.66. The molecule has 0 radical (unpaired) electrons. The van der Waals surface area contributed by atoms with E-state index in [4.69, 9.17) is 14.2 Å². The summed E-state index contributed by atoms with van der Waals surface area (Å²) in [6.45, 7) is 6.83. The molecule has 0 aromatic rings. The van der Waals surface area contributed by atoms with Crippen LogP contribution < -0.4 is 0 Å². The van der Waals surface area contributed by atoms with Crippen LogP contribution >= 0.6 is 0 Å². The third-order valence-electron chi connectivity index (χ3n) is 3.45. The predicted octanol–water partition coefficient (Wildman–Crippen LogP) is 1.60. The van der Waals surface area contributed by atoms with Gasteiger partial charge in [0.2, 0.25) is 0 Å². The molecule has 19 heavy (non-hydrogen) atoms. The van der Waals surface area contributed by atoms with Crippen molar-refractivity contribution in [2.45, 2.75) is 51.4 Å². The minimum Gasteiger partial charge on any atom is -0.459 e. The number of ether oxygens (including phenoxy) is 3. The van der Waals surface area contributed by atoms with Crippen LogP contribution in [0.5, 0.6) is 0 Å². The maximum atomic E-state index is 11.9. The van der Waals surface area contributed by atoms with Crippen LogP contribution in [0.15, 0.2) is 12.2 Å². The van der Waals surface area contributed by atoms with E-state index < -0.39 is 12.1 Å². The molecule has 106 valence electrons. The number of fused-ring (bicyclic) bond motifs is 1. The molecule has 2 aliphatic rings. The van der Waals surface area contributed by atoms with Crippen molar-refractivity contribution in [1.82, 2.24) is 0 Å². The molecular formula is C14H20O5. The molecule has 0 bridgehead atoms. The average molecular weight is 268 g/mol. The van der Waals surface area contributed by atoms with Gasteiger partial charge < -0.3 is 14.2 Å². The van der Waals surface area contributed by atoms with Gasteiger partial charge in [-0.15, -0.1) is 0 Å². The summed E-state index contributed by atoms with van der Waals surface area (Å²) in [6, 6.07) is 0. The Morgan fingerprint density at radius 2 is 2.11 bits per heavy atom. The first-order chi connectivity index (χ1) is 8.97. The highest BCUT2D eigenvalue weighted by molar-refractivity contribution is 5.86. The third kappa shape index (κ3) is 3.80. The van der Waals surface area contributed by atoms with Gasteiger partial charge in [0.15, 0.2) is 0 Å². The Hall–Kier alpha value is -1.36. The van der Waals surface area contributed by atoms with Gasteiger partial charge in [-0.25, -0.2) is 4.79 Å². The van der Waals surface area contributed by atoms with Crippen LogP contribution in [0.25, 0.3) is 0 Å². The van der Waals surface area contributed by atoms with Crippen LogP contribution in [0.4, 0.5) is 0 Å². The number of esters is 2. The molecule has 1 aliphatic carbocycles. The zero-order chi connectivity index (χ0) is 14.0. The van der Waals surface area contributed by atoms with Gasteiger partial charge in [-0.1, -0.05) is 6.58 Å². The van der Waals surface area contributed by atoms with Crippen molar-refractivity contribution >= 4 is 11.9 Å². The van der Waals surface area contributed by atoms with Gasteiger partial charge >= 0.3 is 11.9 Å². The van der Waals surface area contributed by atoms with Crippen molar-refractivity contribution in [3.05, 3.63) is 12.2 Å². The SMILES string of the molecule is C=C(C)C(=O)OCC(C)OC(=O)C1CCC2OC2C1. The summed E-state index contributed by atoms with van der Waals surface area (Å²) in [5, 5.41) is 0. The quantitative estimate of drug-likeness (QED) is 0.430. The number of epoxide rings is 1. The first-order valence-electron chi connectivity index (χ1n) is 6.66. The molecule has 5 nitrogen and oxygen atoms in total. The fourth-order valence-electron chi connectivity index (χ4n) is 2.26. The van der Waals surface area contributed by atoms with Gasteiger partial charge in [-0.05, 0) is 33.1 Å². The first kappa shape index (κ1) is 14.1. The molecular weight excluding hydrogens is 248 g/mol. The van der Waals surface area contributed by atoms with E-state index in [1.54, 1.807) is 13.8 Å². The average Bonchev–Trinajstić information content (AvgIpc) is 3.13. The summed E-state index contributed by atoms with van der Waals surface area (Å²) in [7, 11) is 0. The van der Waals surface area contributed by atoms with Crippen molar-refractivity contribution in [1.29, 1.82) is 0 Å². The second-order valence-corrected chi connectivity index (χ2v) is 5.35. The Kier molecular flexibility index (Phi) is 4.24. The molecule has 2 rings (SSSR count). The predicted molar refractivity (Wildman–Crippen MR) is 67.3 cm³/mol. The van der Waals surface area contributed by atoms with Gasteiger partial charge in [-0.3, -0.25) is 4.79 Å². The van der Waals surface area contributed by atoms with Crippen molar-refractivity contribution in [2.75, 3.05) is 6.61 Å². The van der Waals surface area contributed by atoms with Crippen molar-refractivity contribution in [3.8, 4) is 0 Å². The second-order valence-electron chi connectivity index (χ2n) is 5.35. The van der Waals surface area contributed by atoms with Crippen LogP contribution in [0.2, 0.25) is 0 Å². The zero-order valence-corrected chi connectivity index (χ0v) is 11.4. The molecule has 0 spiro atoms. The van der Waals surface area contributed by atoms with Crippen LogP contribution in [0, 0.1) is 5.92 Å². The lowest BCUT2D eigenvalue weighted by Gasteiger charge is -2.20. The molecule has 1 aliphatic heterocycles. The Morgan fingerprint density at radius 3 is 2.74 bits per heavy atom. The maximum Gasteiger partial charge on any atom is 0.333 e. The van der Waals surface area contributed by atoms with Crippen molar-refractivity contribution < 1.29 is 23.8 Å². The van der Waals surface area contributed by atoms with Crippen molar-refractivity contribution in [3.63, 3.8) is 0 Å². The van der Waals surface area contributed by atoms with Crippen LogP contribution in [0.3, 0.4) is 0 Å². The third-order valence-corrected chi connectivity index (χ3v) is 3.45. The Labute approximate surface area is 112 Å². The van der Waals surface area contributed by atoms with Gasteiger partial charge in [0.25, 0.3) is 0 Å². The summed E-state index contributed by atoms with van der Waals surface area (Å²) in [6.07, 6.45) is 2.69. The van der Waals surface area contributed by atoms with E-state index in [0.29, 0.717) is 11.7 Å². The lowest BCUT2D eigenvalue weighted by molar-refractivity contribution is -0.160. The standard InChI is InChI=1S/C14H20O5/c1-8(2)13(15)17-7-9(3)18-14(16)10-4-5-11-12(6-10)19-11/h9-12H,1,4-7H2,2-3H3. The van der Waals surface area contributed by atoms with Gasteiger partial charge in [-0.2, -0.15) is 0 Å². The van der Waals surface area contributed by atoms with Crippen LogP contribution in [-0.2, 0) is 23.8 Å². The van der Waals surface area contributed by atoms with E-state index >= 15 is 0 Å². The minimum atomic E-state index is -0.463. The highest BCUT2D eigenvalue weighted by Crippen LogP contribution is 2.39. The molecule has 4 atom stereocenters. The number of carbonyl (C=O) groups excluding carboxylic acids is 2. The molecule has 1 saturated heterocycles. The zero-order valence-electron chi connectivity index (χ0n) is 11.4. The highest BCUT2D eigenvalue weighted by atomic mass is 16.6. The molecule has 0 amide bonds. The monoisotopic (exact) mass is 268 g/mol. The van der Waals surface area contributed by atoms with Gasteiger partial charge in [0.05, 0.1) is 18.1 Å². The molecule has 1 saturated carbocycles. The van der Waals surface area contributed by atoms with Gasteiger partial charge in [0.1, 0.15) is 12.7 Å². The van der Waals surface area contributed by atoms with Crippen LogP contribution in [-0.4, -0.2) is 36.9 Å². The molecule has 0 aromatic carbocycles. The second kappa shape index (κ2) is 5.74. The van der Waals surface area contributed by atoms with E-state index in [1.165, 1.54) is 0 Å². The van der Waals surface area contributed by atoms with E-state index in [9.17, 15) is 9.59 Å². The Balaban J connectivity index is 1.69. The fraction of sp³-hybridized carbons (Fsp3) is 0.714. The number of rotatable bonds is 5. The van der Waals surface area contributed by atoms with Gasteiger partial charge in [0, 0.05) is 5.57 Å². The Bertz CT molecular complexity index is 389. The largest absolute Gasteiger partial charge is 0.459 e. The molecule has 5 heteroatoms. The summed E-state index contributed by atoms with van der Waals surface area (Å²) >= 11 is 0.